The Kier molecular flexibility index (Phi) is 8.88. The quantitative estimate of drug-likeness (QED) is 0.609. The zero-order valence-corrected chi connectivity index (χ0v) is 13.2. The third kappa shape index (κ3) is 6.80. The first-order valence-electron chi connectivity index (χ1n) is 7.74. The van der Waals surface area contributed by atoms with Crippen LogP contribution in [0.2, 0.25) is 0 Å². The Balaban J connectivity index is 2.38. The van der Waals surface area contributed by atoms with Gasteiger partial charge in [-0.3, -0.25) is 0 Å². The molecule has 0 atom stereocenters. The van der Waals surface area contributed by atoms with Crippen molar-refractivity contribution >= 4 is 5.69 Å². The molecular formula is C17H29NO2. The van der Waals surface area contributed by atoms with Crippen LogP contribution in [0.1, 0.15) is 44.6 Å². The molecule has 114 valence electrons. The lowest BCUT2D eigenvalue weighted by molar-refractivity contribution is 0.146. The highest BCUT2D eigenvalue weighted by Gasteiger charge is 2.03. The van der Waals surface area contributed by atoms with Crippen molar-refractivity contribution in [2.24, 2.45) is 0 Å². The summed E-state index contributed by atoms with van der Waals surface area (Å²) < 4.78 is 10.8. The van der Waals surface area contributed by atoms with Crippen molar-refractivity contribution in [1.29, 1.82) is 0 Å². The van der Waals surface area contributed by atoms with Crippen molar-refractivity contribution < 1.29 is 9.47 Å². The van der Waals surface area contributed by atoms with Crippen LogP contribution < -0.4 is 10.1 Å². The Labute approximate surface area is 123 Å². The minimum absolute atomic E-state index is 0.588. The normalized spacial score (nSPS) is 10.6. The third-order valence-corrected chi connectivity index (χ3v) is 3.28. The van der Waals surface area contributed by atoms with Gasteiger partial charge >= 0.3 is 0 Å². The smallest absolute Gasteiger partial charge is 0.142 e. The van der Waals surface area contributed by atoms with Crippen molar-refractivity contribution in [2.75, 3.05) is 32.2 Å². The molecule has 0 saturated heterocycles. The summed E-state index contributed by atoms with van der Waals surface area (Å²) in [6.07, 6.45) is 6.49. The van der Waals surface area contributed by atoms with Crippen LogP contribution in [-0.2, 0) is 4.74 Å². The van der Waals surface area contributed by atoms with E-state index in [-0.39, 0.29) is 0 Å². The second-order valence-corrected chi connectivity index (χ2v) is 5.18. The Morgan fingerprint density at radius 2 is 1.85 bits per heavy atom. The Morgan fingerprint density at radius 1 is 1.05 bits per heavy atom. The number of benzene rings is 1. The molecule has 0 unspecified atom stereocenters. The largest absolute Gasteiger partial charge is 0.489 e. The molecule has 3 heteroatoms. The minimum Gasteiger partial charge on any atom is -0.489 e. The third-order valence-electron chi connectivity index (χ3n) is 3.28. The number of nitrogens with one attached hydrogen (secondary N) is 1. The molecule has 0 aliphatic carbocycles. The molecule has 0 bridgehead atoms. The highest BCUT2D eigenvalue weighted by molar-refractivity contribution is 5.57. The molecular weight excluding hydrogens is 250 g/mol. The first-order valence-corrected chi connectivity index (χ1v) is 7.74. The van der Waals surface area contributed by atoms with E-state index in [2.05, 4.69) is 37.4 Å². The van der Waals surface area contributed by atoms with Gasteiger partial charge in [0.05, 0.1) is 12.3 Å². The molecule has 1 rings (SSSR count). The first-order chi connectivity index (χ1) is 9.77. The maximum Gasteiger partial charge on any atom is 0.142 e. The summed E-state index contributed by atoms with van der Waals surface area (Å²) in [4.78, 5) is 0. The number of hydrogen-bond acceptors (Lipinski definition) is 3. The van der Waals surface area contributed by atoms with E-state index in [0.29, 0.717) is 13.2 Å². The van der Waals surface area contributed by atoms with Crippen LogP contribution >= 0.6 is 0 Å². The van der Waals surface area contributed by atoms with Crippen LogP contribution in [-0.4, -0.2) is 26.9 Å². The fraction of sp³-hybridized carbons (Fsp3) is 0.647. The number of hydrogen-bond donors (Lipinski definition) is 1. The molecule has 1 aromatic rings. The van der Waals surface area contributed by atoms with E-state index < -0.39 is 0 Å². The molecule has 0 aliphatic heterocycles. The molecule has 0 amide bonds. The lowest BCUT2D eigenvalue weighted by atomic mass is 10.1. The minimum atomic E-state index is 0.588. The van der Waals surface area contributed by atoms with E-state index in [1.54, 1.807) is 7.11 Å². The van der Waals surface area contributed by atoms with Gasteiger partial charge in [0.15, 0.2) is 0 Å². The molecule has 0 fully saturated rings. The monoisotopic (exact) mass is 279 g/mol. The van der Waals surface area contributed by atoms with E-state index >= 15 is 0 Å². The Morgan fingerprint density at radius 3 is 2.60 bits per heavy atom. The zero-order chi connectivity index (χ0) is 14.6. The molecule has 0 saturated carbocycles. The second-order valence-electron chi connectivity index (χ2n) is 5.18. The number of rotatable bonds is 11. The van der Waals surface area contributed by atoms with Gasteiger partial charge < -0.3 is 14.8 Å². The SMILES string of the molecule is CCCCCCCNc1ccc(C)cc1OCCOC. The molecule has 1 aromatic carbocycles. The molecule has 0 aliphatic rings. The standard InChI is InChI=1S/C17H29NO2/c1-4-5-6-7-8-11-18-16-10-9-15(2)14-17(16)20-13-12-19-3/h9-10,14,18H,4-8,11-13H2,1-3H3. The number of aryl methyl sites for hydroxylation is 1. The second kappa shape index (κ2) is 10.6. The number of unbranched alkanes of at least 4 members (excludes halogenated alkanes) is 4. The molecule has 3 nitrogen and oxygen atoms in total. The maximum atomic E-state index is 5.77. The summed E-state index contributed by atoms with van der Waals surface area (Å²) in [5.74, 6) is 0.926. The summed E-state index contributed by atoms with van der Waals surface area (Å²) in [7, 11) is 1.69. The van der Waals surface area contributed by atoms with Gasteiger partial charge in [-0.1, -0.05) is 38.7 Å². The van der Waals surface area contributed by atoms with E-state index in [1.807, 2.05) is 0 Å². The number of methoxy groups -OCH3 is 1. The van der Waals surface area contributed by atoms with Gasteiger partial charge in [0.25, 0.3) is 0 Å². The lowest BCUT2D eigenvalue weighted by Gasteiger charge is -2.14. The first kappa shape index (κ1) is 16.8. The topological polar surface area (TPSA) is 30.5 Å². The average molecular weight is 279 g/mol. The van der Waals surface area contributed by atoms with E-state index in [1.165, 1.54) is 37.7 Å². The average Bonchev–Trinajstić information content (AvgIpc) is 2.45. The van der Waals surface area contributed by atoms with Gasteiger partial charge in [0, 0.05) is 13.7 Å². The Hall–Kier alpha value is -1.22. The predicted molar refractivity (Wildman–Crippen MR) is 85.8 cm³/mol. The highest BCUT2D eigenvalue weighted by Crippen LogP contribution is 2.25. The zero-order valence-electron chi connectivity index (χ0n) is 13.2. The van der Waals surface area contributed by atoms with Gasteiger partial charge in [-0.25, -0.2) is 0 Å². The van der Waals surface area contributed by atoms with E-state index in [9.17, 15) is 0 Å². The summed E-state index contributed by atoms with van der Waals surface area (Å²) >= 11 is 0. The molecule has 0 radical (unpaired) electrons. The number of anilines is 1. The maximum absolute atomic E-state index is 5.77. The van der Waals surface area contributed by atoms with Crippen LogP contribution in [0.5, 0.6) is 5.75 Å². The van der Waals surface area contributed by atoms with Crippen LogP contribution in [0.15, 0.2) is 18.2 Å². The van der Waals surface area contributed by atoms with Crippen molar-refractivity contribution in [3.05, 3.63) is 23.8 Å². The predicted octanol–water partition coefficient (Wildman–Crippen LogP) is 4.40. The summed E-state index contributed by atoms with van der Waals surface area (Å²) in [5, 5.41) is 3.48. The van der Waals surface area contributed by atoms with Gasteiger partial charge in [-0.05, 0) is 31.0 Å². The fourth-order valence-electron chi connectivity index (χ4n) is 2.08. The lowest BCUT2D eigenvalue weighted by Crippen LogP contribution is -2.08. The molecule has 0 spiro atoms. The number of ether oxygens (including phenoxy) is 2. The van der Waals surface area contributed by atoms with Gasteiger partial charge in [-0.2, -0.15) is 0 Å². The molecule has 0 heterocycles. The van der Waals surface area contributed by atoms with E-state index in [4.69, 9.17) is 9.47 Å². The van der Waals surface area contributed by atoms with Crippen molar-refractivity contribution in [3.63, 3.8) is 0 Å². The summed E-state index contributed by atoms with van der Waals surface area (Å²) in [6, 6.07) is 6.29. The molecule has 1 N–H and O–H groups in total. The van der Waals surface area contributed by atoms with Crippen molar-refractivity contribution in [3.8, 4) is 5.75 Å². The summed E-state index contributed by atoms with van der Waals surface area (Å²) in [6.45, 7) is 6.54. The van der Waals surface area contributed by atoms with Crippen LogP contribution in [0.25, 0.3) is 0 Å². The van der Waals surface area contributed by atoms with E-state index in [0.717, 1.165) is 18.0 Å². The van der Waals surface area contributed by atoms with Crippen molar-refractivity contribution in [2.45, 2.75) is 46.0 Å². The fourth-order valence-corrected chi connectivity index (χ4v) is 2.08. The molecule has 0 aromatic heterocycles. The van der Waals surface area contributed by atoms with Crippen LogP contribution in [0.4, 0.5) is 5.69 Å². The summed E-state index contributed by atoms with van der Waals surface area (Å²) in [5.41, 5.74) is 2.30. The van der Waals surface area contributed by atoms with Crippen molar-refractivity contribution in [1.82, 2.24) is 0 Å². The van der Waals surface area contributed by atoms with Gasteiger partial charge in [0.1, 0.15) is 12.4 Å². The van der Waals surface area contributed by atoms with Crippen LogP contribution in [0.3, 0.4) is 0 Å². The molecule has 20 heavy (non-hydrogen) atoms. The van der Waals surface area contributed by atoms with Crippen LogP contribution in [0, 0.1) is 6.92 Å². The van der Waals surface area contributed by atoms with Gasteiger partial charge in [-0.15, -0.1) is 0 Å². The Bertz CT molecular complexity index is 366. The van der Waals surface area contributed by atoms with Gasteiger partial charge in [0.2, 0.25) is 0 Å². The highest BCUT2D eigenvalue weighted by atomic mass is 16.5.